The largest absolute Gasteiger partial charge is 0.462 e. The molecule has 0 amide bonds. The summed E-state index contributed by atoms with van der Waals surface area (Å²) in [7, 11) is 0. The number of fused-ring (bicyclic) bond motifs is 2. The topological polar surface area (TPSA) is 57.0 Å². The van der Waals surface area contributed by atoms with Gasteiger partial charge in [0.15, 0.2) is 6.10 Å². The summed E-state index contributed by atoms with van der Waals surface area (Å²) in [6.45, 7) is 7.55. The van der Waals surface area contributed by atoms with Gasteiger partial charge in [-0.25, -0.2) is 0 Å². The molecule has 0 radical (unpaired) electrons. The molecule has 5 nitrogen and oxygen atoms in total. The molecule has 4 aliphatic heterocycles. The molecule has 0 aromatic heterocycles. The highest BCUT2D eigenvalue weighted by atomic mass is 16.6. The molecule has 27 heavy (non-hydrogen) atoms. The minimum atomic E-state index is -0.0160. The Hall–Kier alpha value is -1.10. The quantitative estimate of drug-likeness (QED) is 0.744. The molecular formula is C22H34NO4+. The monoisotopic (exact) mass is 376 g/mol. The first-order valence-corrected chi connectivity index (χ1v) is 11.3. The summed E-state index contributed by atoms with van der Waals surface area (Å²) in [5, 5.41) is 0. The summed E-state index contributed by atoms with van der Waals surface area (Å²) < 4.78 is 11.8. The van der Waals surface area contributed by atoms with Gasteiger partial charge in [0, 0.05) is 36.5 Å². The van der Waals surface area contributed by atoms with Gasteiger partial charge < -0.3 is 14.4 Å². The summed E-state index contributed by atoms with van der Waals surface area (Å²) in [5.74, 6) is 2.10. The molecular weight excluding hydrogens is 342 g/mol. The highest BCUT2D eigenvalue weighted by molar-refractivity contribution is 5.75. The van der Waals surface area contributed by atoms with E-state index >= 15 is 0 Å². The molecule has 4 saturated heterocycles. The van der Waals surface area contributed by atoms with Crippen LogP contribution in [0.3, 0.4) is 0 Å². The predicted octanol–water partition coefficient (Wildman–Crippen LogP) is 1.60. The van der Waals surface area contributed by atoms with Crippen LogP contribution in [0.25, 0.3) is 0 Å². The van der Waals surface area contributed by atoms with Gasteiger partial charge in [0.25, 0.3) is 0 Å². The van der Waals surface area contributed by atoms with Crippen LogP contribution in [-0.2, 0) is 19.1 Å². The van der Waals surface area contributed by atoms with E-state index in [2.05, 4.69) is 13.8 Å². The van der Waals surface area contributed by atoms with Gasteiger partial charge in [-0.1, -0.05) is 20.8 Å². The first-order valence-electron chi connectivity index (χ1n) is 11.3. The second kappa shape index (κ2) is 6.47. The van der Waals surface area contributed by atoms with Gasteiger partial charge >= 0.3 is 11.9 Å². The molecule has 1 saturated carbocycles. The van der Waals surface area contributed by atoms with Gasteiger partial charge in [-0.3, -0.25) is 9.59 Å². The molecule has 0 aromatic rings. The maximum atomic E-state index is 12.5. The first kappa shape index (κ1) is 18.0. The SMILES string of the molecule is CC[C@@H]1[C@@H]2CCCC[NH+]3[C@@H]2[C@H](C[C@H]3[C@@H]2C[C@H](C)C(=O)O2)[C@H]2[C@@H]1OC(=O)[C@H]2C. The van der Waals surface area contributed by atoms with Crippen molar-refractivity contribution >= 4 is 11.9 Å². The van der Waals surface area contributed by atoms with E-state index in [1.54, 1.807) is 4.90 Å². The average Bonchev–Trinajstić information content (AvgIpc) is 3.20. The van der Waals surface area contributed by atoms with Gasteiger partial charge in [-0.15, -0.1) is 0 Å². The molecule has 0 aromatic carbocycles. The average molecular weight is 377 g/mol. The van der Waals surface area contributed by atoms with Crippen LogP contribution < -0.4 is 4.90 Å². The second-order valence-electron chi connectivity index (χ2n) is 9.97. The Labute approximate surface area is 162 Å². The van der Waals surface area contributed by atoms with Crippen LogP contribution in [0.4, 0.5) is 0 Å². The van der Waals surface area contributed by atoms with Crippen molar-refractivity contribution < 1.29 is 24.0 Å². The molecule has 1 unspecified atom stereocenters. The fourth-order valence-electron chi connectivity index (χ4n) is 7.75. The third-order valence-electron chi connectivity index (χ3n) is 8.83. The lowest BCUT2D eigenvalue weighted by atomic mass is 9.60. The third kappa shape index (κ3) is 2.53. The van der Waals surface area contributed by atoms with Crippen molar-refractivity contribution in [2.24, 2.45) is 35.5 Å². The number of esters is 2. The number of carbonyl (C=O) groups excluding carboxylic acids is 2. The van der Waals surface area contributed by atoms with E-state index in [4.69, 9.17) is 9.47 Å². The summed E-state index contributed by atoms with van der Waals surface area (Å²) in [4.78, 5) is 26.2. The summed E-state index contributed by atoms with van der Waals surface area (Å²) in [6, 6.07) is 1.03. The van der Waals surface area contributed by atoms with Crippen molar-refractivity contribution in [3.63, 3.8) is 0 Å². The van der Waals surface area contributed by atoms with Crippen LogP contribution in [0.5, 0.6) is 0 Å². The standard InChI is InChI=1S/C22H33NO4/c1-4-13-14-7-5-6-8-23-16(17-9-11(2)21(24)26-17)10-15(19(14)23)18-12(3)22(25)27-20(13)18/h11-20H,4-10H2,1-3H3/p+1/t11-,12-,13+,14-,15+,16-,17-,18-,19-,20+/m0/s1. The Morgan fingerprint density at radius 1 is 1.04 bits per heavy atom. The minimum Gasteiger partial charge on any atom is -0.462 e. The second-order valence-corrected chi connectivity index (χ2v) is 9.97. The molecule has 5 fully saturated rings. The van der Waals surface area contributed by atoms with Gasteiger partial charge in [0.2, 0.25) is 0 Å². The van der Waals surface area contributed by atoms with Crippen LogP contribution in [0.2, 0.25) is 0 Å². The summed E-state index contributed by atoms with van der Waals surface area (Å²) >= 11 is 0. The number of rotatable bonds is 2. The number of hydrogen-bond donors (Lipinski definition) is 1. The zero-order chi connectivity index (χ0) is 18.9. The molecule has 0 bridgehead atoms. The molecule has 1 aliphatic carbocycles. The van der Waals surface area contributed by atoms with E-state index < -0.39 is 0 Å². The molecule has 150 valence electrons. The van der Waals surface area contributed by atoms with E-state index in [9.17, 15) is 9.59 Å². The molecule has 11 atom stereocenters. The van der Waals surface area contributed by atoms with E-state index in [-0.39, 0.29) is 36.0 Å². The van der Waals surface area contributed by atoms with Gasteiger partial charge in [0.05, 0.1) is 24.4 Å². The maximum absolute atomic E-state index is 12.5. The van der Waals surface area contributed by atoms with Crippen LogP contribution in [0, 0.1) is 35.5 Å². The normalized spacial score (nSPS) is 54.1. The van der Waals surface area contributed by atoms with Crippen LogP contribution in [0.15, 0.2) is 0 Å². The smallest absolute Gasteiger partial charge is 0.309 e. The Bertz CT molecular complexity index is 636. The number of cyclic esters (lactones) is 1. The fraction of sp³-hybridized carbons (Fsp3) is 0.909. The highest BCUT2D eigenvalue weighted by Gasteiger charge is 2.66. The van der Waals surface area contributed by atoms with E-state index in [1.165, 1.54) is 25.8 Å². The lowest BCUT2D eigenvalue weighted by molar-refractivity contribution is -0.944. The Kier molecular flexibility index (Phi) is 4.30. The fourth-order valence-corrected chi connectivity index (χ4v) is 7.75. The van der Waals surface area contributed by atoms with Crippen LogP contribution in [-0.4, -0.2) is 42.8 Å². The lowest BCUT2D eigenvalue weighted by Crippen LogP contribution is -3.19. The molecule has 5 aliphatic rings. The predicted molar refractivity (Wildman–Crippen MR) is 98.8 cm³/mol. The number of quaternary nitrogens is 1. The van der Waals surface area contributed by atoms with Gasteiger partial charge in [0.1, 0.15) is 12.1 Å². The van der Waals surface area contributed by atoms with Crippen LogP contribution >= 0.6 is 0 Å². The zero-order valence-corrected chi connectivity index (χ0v) is 16.9. The minimum absolute atomic E-state index is 0.0160. The third-order valence-corrected chi connectivity index (χ3v) is 8.83. The van der Waals surface area contributed by atoms with Gasteiger partial charge in [-0.05, 0) is 25.7 Å². The molecule has 4 heterocycles. The number of nitrogens with one attached hydrogen (secondary N) is 1. The Morgan fingerprint density at radius 3 is 2.56 bits per heavy atom. The summed E-state index contributed by atoms with van der Waals surface area (Å²) in [6.07, 6.45) is 7.07. The molecule has 5 rings (SSSR count). The Balaban J connectivity index is 1.51. The van der Waals surface area contributed by atoms with Crippen LogP contribution in [0.1, 0.15) is 59.3 Å². The van der Waals surface area contributed by atoms with E-state index in [1.807, 2.05) is 6.92 Å². The number of hydrogen-bond acceptors (Lipinski definition) is 4. The van der Waals surface area contributed by atoms with Crippen molar-refractivity contribution in [1.82, 2.24) is 0 Å². The maximum Gasteiger partial charge on any atom is 0.309 e. The molecule has 5 heteroatoms. The molecule has 0 spiro atoms. The Morgan fingerprint density at radius 2 is 1.85 bits per heavy atom. The first-order chi connectivity index (χ1) is 13.0. The zero-order valence-electron chi connectivity index (χ0n) is 16.9. The van der Waals surface area contributed by atoms with Crippen molar-refractivity contribution in [2.75, 3.05) is 6.54 Å². The lowest BCUT2D eigenvalue weighted by Gasteiger charge is -2.46. The summed E-state index contributed by atoms with van der Waals surface area (Å²) in [5.41, 5.74) is 0. The van der Waals surface area contributed by atoms with Crippen molar-refractivity contribution in [3.05, 3.63) is 0 Å². The van der Waals surface area contributed by atoms with Gasteiger partial charge in [-0.2, -0.15) is 0 Å². The number of ether oxygens (including phenoxy) is 2. The van der Waals surface area contributed by atoms with Crippen molar-refractivity contribution in [3.8, 4) is 0 Å². The number of carbonyl (C=O) groups is 2. The van der Waals surface area contributed by atoms with Crippen molar-refractivity contribution in [2.45, 2.75) is 83.6 Å². The van der Waals surface area contributed by atoms with E-state index in [0.717, 1.165) is 19.3 Å². The highest BCUT2D eigenvalue weighted by Crippen LogP contribution is 2.53. The molecule has 1 N–H and O–H groups in total. The van der Waals surface area contributed by atoms with Crippen molar-refractivity contribution in [1.29, 1.82) is 0 Å². The van der Waals surface area contributed by atoms with E-state index in [0.29, 0.717) is 35.8 Å².